The van der Waals surface area contributed by atoms with Crippen molar-refractivity contribution in [3.05, 3.63) is 64.1 Å². The highest BCUT2D eigenvalue weighted by molar-refractivity contribution is 9.10. The molecule has 3 N–H and O–H groups in total. The number of benzene rings is 2. The van der Waals surface area contributed by atoms with Gasteiger partial charge in [0.05, 0.1) is 5.92 Å². The molecule has 6 heteroatoms. The molecule has 138 valence electrons. The molecule has 26 heavy (non-hydrogen) atoms. The van der Waals surface area contributed by atoms with Gasteiger partial charge in [-0.25, -0.2) is 0 Å². The van der Waals surface area contributed by atoms with Crippen molar-refractivity contribution in [2.45, 2.75) is 33.1 Å². The van der Waals surface area contributed by atoms with Gasteiger partial charge in [0.1, 0.15) is 0 Å². The van der Waals surface area contributed by atoms with Gasteiger partial charge in [0.25, 0.3) is 0 Å². The van der Waals surface area contributed by atoms with Gasteiger partial charge in [-0.1, -0.05) is 60.1 Å². The lowest BCUT2D eigenvalue weighted by Gasteiger charge is -2.16. The van der Waals surface area contributed by atoms with E-state index in [1.54, 1.807) is 0 Å². The summed E-state index contributed by atoms with van der Waals surface area (Å²) >= 11 is 8.61. The van der Waals surface area contributed by atoms with E-state index in [-0.39, 0.29) is 11.8 Å². The van der Waals surface area contributed by atoms with E-state index in [0.717, 1.165) is 22.1 Å². The van der Waals surface area contributed by atoms with Crippen LogP contribution in [-0.4, -0.2) is 11.0 Å². The molecule has 2 aromatic carbocycles. The molecule has 0 radical (unpaired) electrons. The Bertz CT molecular complexity index is 762. The highest BCUT2D eigenvalue weighted by Gasteiger charge is 2.15. The van der Waals surface area contributed by atoms with Crippen LogP contribution >= 0.6 is 28.1 Å². The number of hydrogen-bond donors (Lipinski definition) is 3. The third-order valence-electron chi connectivity index (χ3n) is 3.90. The summed E-state index contributed by atoms with van der Waals surface area (Å²) in [5.41, 5.74) is 8.50. The van der Waals surface area contributed by atoms with Crippen LogP contribution in [0.25, 0.3) is 0 Å². The Hall–Kier alpha value is -1.92. The number of carbonyl (C=O) groups is 1. The normalized spacial score (nSPS) is 11.7. The second kappa shape index (κ2) is 9.69. The molecule has 0 saturated heterocycles. The highest BCUT2D eigenvalue weighted by Crippen LogP contribution is 2.18. The predicted molar refractivity (Wildman–Crippen MR) is 115 cm³/mol. The van der Waals surface area contributed by atoms with Crippen molar-refractivity contribution in [3.8, 4) is 0 Å². The van der Waals surface area contributed by atoms with E-state index in [1.165, 1.54) is 5.56 Å². The first-order chi connectivity index (χ1) is 12.3. The monoisotopic (exact) mass is 433 g/mol. The number of nitrogens with one attached hydrogen (secondary N) is 3. The standard InChI is InChI=1S/C20H24BrN3OS/c1-13(2)11-15-7-9-16(10-8-15)14(3)19(25)23-24-20(26)22-18-6-4-5-17(21)12-18/h4-10,12-14H,11H2,1-3H3,(H,23,25)(H2,22,24,26). The van der Waals surface area contributed by atoms with Gasteiger partial charge in [-0.3, -0.25) is 15.6 Å². The number of anilines is 1. The van der Waals surface area contributed by atoms with Crippen LogP contribution in [0.4, 0.5) is 5.69 Å². The van der Waals surface area contributed by atoms with Gasteiger partial charge < -0.3 is 5.32 Å². The van der Waals surface area contributed by atoms with Crippen LogP contribution in [0.3, 0.4) is 0 Å². The molecule has 1 unspecified atom stereocenters. The Labute approximate surface area is 168 Å². The van der Waals surface area contributed by atoms with Crippen LogP contribution in [0.5, 0.6) is 0 Å². The molecule has 2 aromatic rings. The van der Waals surface area contributed by atoms with E-state index >= 15 is 0 Å². The van der Waals surface area contributed by atoms with Crippen molar-refractivity contribution < 1.29 is 4.79 Å². The summed E-state index contributed by atoms with van der Waals surface area (Å²) in [6, 6.07) is 15.8. The quantitative estimate of drug-likeness (QED) is 0.469. The Morgan fingerprint density at radius 3 is 2.38 bits per heavy atom. The van der Waals surface area contributed by atoms with Crippen molar-refractivity contribution in [2.24, 2.45) is 5.92 Å². The zero-order chi connectivity index (χ0) is 19.1. The summed E-state index contributed by atoms with van der Waals surface area (Å²) in [6.45, 7) is 6.26. The highest BCUT2D eigenvalue weighted by atomic mass is 79.9. The minimum atomic E-state index is -0.274. The van der Waals surface area contributed by atoms with Crippen molar-refractivity contribution >= 4 is 44.9 Å². The molecule has 0 aliphatic rings. The van der Waals surface area contributed by atoms with Crippen molar-refractivity contribution in [2.75, 3.05) is 5.32 Å². The maximum atomic E-state index is 12.3. The van der Waals surface area contributed by atoms with Crippen LogP contribution in [0, 0.1) is 5.92 Å². The molecule has 0 aliphatic heterocycles. The maximum Gasteiger partial charge on any atom is 0.245 e. The molecule has 2 rings (SSSR count). The first-order valence-corrected chi connectivity index (χ1v) is 9.76. The number of rotatable bonds is 5. The zero-order valence-electron chi connectivity index (χ0n) is 15.2. The fourth-order valence-electron chi connectivity index (χ4n) is 2.52. The molecular weight excluding hydrogens is 410 g/mol. The van der Waals surface area contributed by atoms with E-state index < -0.39 is 0 Å². The number of thiocarbonyl (C=S) groups is 1. The number of carbonyl (C=O) groups excluding carboxylic acids is 1. The average Bonchev–Trinajstić information content (AvgIpc) is 2.59. The minimum Gasteiger partial charge on any atom is -0.331 e. The van der Waals surface area contributed by atoms with Gasteiger partial charge >= 0.3 is 0 Å². The SMILES string of the molecule is CC(C)Cc1ccc(C(C)C(=O)NNC(=S)Nc2cccc(Br)c2)cc1. The van der Waals surface area contributed by atoms with E-state index in [9.17, 15) is 4.79 Å². The van der Waals surface area contributed by atoms with Gasteiger partial charge in [0.15, 0.2) is 5.11 Å². The fraction of sp³-hybridized carbons (Fsp3) is 0.300. The van der Waals surface area contributed by atoms with E-state index in [1.807, 2.05) is 43.3 Å². The molecule has 0 spiro atoms. The van der Waals surface area contributed by atoms with Crippen molar-refractivity contribution in [1.82, 2.24) is 10.9 Å². The molecular formula is C20H24BrN3OS. The van der Waals surface area contributed by atoms with Crippen molar-refractivity contribution in [3.63, 3.8) is 0 Å². The second-order valence-corrected chi connectivity index (χ2v) is 7.96. The topological polar surface area (TPSA) is 53.2 Å². The fourth-order valence-corrected chi connectivity index (χ4v) is 3.09. The van der Waals surface area contributed by atoms with E-state index in [4.69, 9.17) is 12.2 Å². The van der Waals surface area contributed by atoms with Gasteiger partial charge in [-0.15, -0.1) is 0 Å². The van der Waals surface area contributed by atoms with Crippen LogP contribution in [-0.2, 0) is 11.2 Å². The summed E-state index contributed by atoms with van der Waals surface area (Å²) in [7, 11) is 0. The Morgan fingerprint density at radius 1 is 1.08 bits per heavy atom. The Kier molecular flexibility index (Phi) is 7.60. The number of hydrogen-bond acceptors (Lipinski definition) is 2. The summed E-state index contributed by atoms with van der Waals surface area (Å²) in [4.78, 5) is 12.3. The summed E-state index contributed by atoms with van der Waals surface area (Å²) < 4.78 is 0.948. The average molecular weight is 434 g/mol. The lowest BCUT2D eigenvalue weighted by Crippen LogP contribution is -2.45. The predicted octanol–water partition coefficient (Wildman–Crippen LogP) is 4.77. The van der Waals surface area contributed by atoms with Gasteiger partial charge in [-0.2, -0.15) is 0 Å². The molecule has 0 aromatic heterocycles. The first kappa shape index (κ1) is 20.4. The molecule has 0 fully saturated rings. The third kappa shape index (κ3) is 6.42. The summed E-state index contributed by atoms with van der Waals surface area (Å²) in [5.74, 6) is 0.203. The van der Waals surface area contributed by atoms with Crippen LogP contribution < -0.4 is 16.2 Å². The van der Waals surface area contributed by atoms with Gasteiger partial charge in [0, 0.05) is 10.2 Å². The molecule has 1 amide bonds. The second-order valence-electron chi connectivity index (χ2n) is 6.64. The van der Waals surface area contributed by atoms with Crippen molar-refractivity contribution in [1.29, 1.82) is 0 Å². The molecule has 0 bridgehead atoms. The Morgan fingerprint density at radius 2 is 1.77 bits per heavy atom. The van der Waals surface area contributed by atoms with Crippen LogP contribution in [0.2, 0.25) is 0 Å². The van der Waals surface area contributed by atoms with Gasteiger partial charge in [0.2, 0.25) is 5.91 Å². The smallest absolute Gasteiger partial charge is 0.245 e. The summed E-state index contributed by atoms with van der Waals surface area (Å²) in [5, 5.41) is 3.35. The van der Waals surface area contributed by atoms with Crippen LogP contribution in [0.15, 0.2) is 53.0 Å². The molecule has 0 saturated carbocycles. The molecule has 0 aliphatic carbocycles. The molecule has 1 atom stereocenters. The number of halogens is 1. The number of hydrazine groups is 1. The largest absolute Gasteiger partial charge is 0.331 e. The minimum absolute atomic E-state index is 0.139. The lowest BCUT2D eigenvalue weighted by molar-refractivity contribution is -0.122. The lowest BCUT2D eigenvalue weighted by atomic mass is 9.96. The van der Waals surface area contributed by atoms with E-state index in [2.05, 4.69) is 58.1 Å². The molecule has 4 nitrogen and oxygen atoms in total. The zero-order valence-corrected chi connectivity index (χ0v) is 17.6. The van der Waals surface area contributed by atoms with E-state index in [0.29, 0.717) is 11.0 Å². The third-order valence-corrected chi connectivity index (χ3v) is 4.60. The van der Waals surface area contributed by atoms with Gasteiger partial charge in [-0.05, 0) is 60.8 Å². The number of amides is 1. The summed E-state index contributed by atoms with van der Waals surface area (Å²) in [6.07, 6.45) is 1.04. The maximum absolute atomic E-state index is 12.3. The van der Waals surface area contributed by atoms with Crippen LogP contribution in [0.1, 0.15) is 37.8 Å². The Balaban J connectivity index is 1.85. The molecule has 0 heterocycles. The first-order valence-electron chi connectivity index (χ1n) is 8.56.